The second kappa shape index (κ2) is 67.5. The second-order valence-electron chi connectivity index (χ2n) is 30.6. The molecule has 0 bridgehead atoms. The molecular weight excluding hydrogens is 1360 g/mol. The van der Waals surface area contributed by atoms with Crippen molar-refractivity contribution < 1.29 is 89.4 Å². The molecule has 0 aliphatic carbocycles. The average Bonchev–Trinajstić information content (AvgIpc) is 0.782. The predicted molar refractivity (Wildman–Crippen MR) is 429 cm³/mol. The van der Waals surface area contributed by atoms with Gasteiger partial charge in [0.2, 0.25) is 5.91 Å². The van der Waals surface area contributed by atoms with Gasteiger partial charge in [-0.15, -0.1) is 0 Å². The Kier molecular flexibility index (Phi) is 61.9. The second-order valence-corrected chi connectivity index (χ2v) is 30.6. The third-order valence-corrected chi connectivity index (χ3v) is 21.2. The van der Waals surface area contributed by atoms with Gasteiger partial charge in [-0.05, 0) is 70.6 Å². The van der Waals surface area contributed by atoms with Gasteiger partial charge in [0, 0.05) is 6.42 Å². The Morgan fingerprint density at radius 3 is 1.01 bits per heavy atom. The molecule has 0 aromatic carbocycles. The first kappa shape index (κ1) is 98.2. The monoisotopic (exact) mass is 1520 g/mol. The van der Waals surface area contributed by atoms with Crippen molar-refractivity contribution in [2.75, 3.05) is 26.4 Å². The van der Waals surface area contributed by atoms with Crippen molar-refractivity contribution in [1.29, 1.82) is 0 Å². The topological polar surface area (TPSA) is 307 Å². The summed E-state index contributed by atoms with van der Waals surface area (Å²) >= 11 is 0. The molecule has 0 aromatic heterocycles. The number of aliphatic hydroxyl groups is 11. The van der Waals surface area contributed by atoms with Crippen LogP contribution in [0.1, 0.15) is 335 Å². The summed E-state index contributed by atoms with van der Waals surface area (Å²) in [6.45, 7) is 1.66. The van der Waals surface area contributed by atoms with E-state index in [0.29, 0.717) is 6.42 Å². The molecule has 622 valence electrons. The first-order valence-corrected chi connectivity index (χ1v) is 43.3. The number of aliphatic hydroxyl groups excluding tert-OH is 11. The Morgan fingerprint density at radius 2 is 0.645 bits per heavy atom. The number of ether oxygens (including phenoxy) is 6. The Labute approximate surface area is 648 Å². The van der Waals surface area contributed by atoms with Crippen molar-refractivity contribution in [3.63, 3.8) is 0 Å². The van der Waals surface area contributed by atoms with Gasteiger partial charge in [0.1, 0.15) is 73.2 Å². The molecule has 3 heterocycles. The van der Waals surface area contributed by atoms with Gasteiger partial charge in [-0.2, -0.15) is 0 Å². The van der Waals surface area contributed by atoms with Gasteiger partial charge in [-0.1, -0.05) is 343 Å². The van der Waals surface area contributed by atoms with E-state index in [0.717, 1.165) is 89.9 Å². The maximum Gasteiger partial charge on any atom is 0.220 e. The minimum absolute atomic E-state index is 0.240. The Morgan fingerprint density at radius 1 is 0.346 bits per heavy atom. The van der Waals surface area contributed by atoms with Crippen molar-refractivity contribution in [3.05, 3.63) is 85.1 Å². The van der Waals surface area contributed by atoms with Crippen LogP contribution in [0.4, 0.5) is 0 Å². The molecule has 17 unspecified atom stereocenters. The van der Waals surface area contributed by atoms with E-state index in [1.807, 2.05) is 6.08 Å². The fourth-order valence-electron chi connectivity index (χ4n) is 14.3. The molecular formula is C88H157NO18. The van der Waals surface area contributed by atoms with Crippen LogP contribution in [-0.2, 0) is 33.2 Å². The fourth-order valence-corrected chi connectivity index (χ4v) is 14.3. The first-order chi connectivity index (χ1) is 52.3. The van der Waals surface area contributed by atoms with E-state index in [4.69, 9.17) is 28.4 Å². The molecule has 3 fully saturated rings. The summed E-state index contributed by atoms with van der Waals surface area (Å²) in [7, 11) is 0. The molecule has 0 aromatic rings. The Bertz CT molecular complexity index is 2260. The summed E-state index contributed by atoms with van der Waals surface area (Å²) in [6, 6.07) is -0.980. The van der Waals surface area contributed by atoms with Crippen LogP contribution in [-0.4, -0.2) is 193 Å². The molecule has 3 saturated heterocycles. The fraction of sp³-hybridized carbons (Fsp3) is 0.830. The van der Waals surface area contributed by atoms with Gasteiger partial charge >= 0.3 is 0 Å². The van der Waals surface area contributed by atoms with Crippen LogP contribution in [0.2, 0.25) is 0 Å². The van der Waals surface area contributed by atoms with Crippen LogP contribution in [0, 0.1) is 0 Å². The number of rotatable bonds is 69. The van der Waals surface area contributed by atoms with Crippen molar-refractivity contribution in [2.45, 2.75) is 439 Å². The number of unbranched alkanes of at least 4 members (excludes halogenated alkanes) is 41. The van der Waals surface area contributed by atoms with Gasteiger partial charge in [-0.3, -0.25) is 4.79 Å². The normalized spacial score (nSPS) is 25.9. The summed E-state index contributed by atoms with van der Waals surface area (Å²) in [5.41, 5.74) is 0. The van der Waals surface area contributed by atoms with E-state index in [-0.39, 0.29) is 18.9 Å². The summed E-state index contributed by atoms with van der Waals surface area (Å²) in [5, 5.41) is 121. The van der Waals surface area contributed by atoms with Gasteiger partial charge in [0.15, 0.2) is 18.9 Å². The molecule has 17 atom stereocenters. The highest BCUT2D eigenvalue weighted by Crippen LogP contribution is 2.33. The largest absolute Gasteiger partial charge is 0.394 e. The van der Waals surface area contributed by atoms with Gasteiger partial charge < -0.3 is 89.9 Å². The van der Waals surface area contributed by atoms with Crippen molar-refractivity contribution in [3.8, 4) is 0 Å². The predicted octanol–water partition coefficient (Wildman–Crippen LogP) is 15.7. The SMILES string of the molecule is CC/C=C\C/C=C\C/C=C\C/C=C\C/C=C\C/C=C\CCCCCCCCCCCCCCCCC(=O)NC(COC1OC(CO)C(OC2OC(CO)C(OC3OC(CO)C(O)C(O)C3O)C(O)C2O)C(O)C1O)C(O)/C=C/CCCCCCCCCCCCCCCCCCCCCCCCCCCCC. The Balaban J connectivity index is 1.35. The lowest BCUT2D eigenvalue weighted by molar-refractivity contribution is -0.379. The summed E-state index contributed by atoms with van der Waals surface area (Å²) in [4.78, 5) is 13.5. The molecule has 19 nitrogen and oxygen atoms in total. The van der Waals surface area contributed by atoms with E-state index < -0.39 is 124 Å². The minimum atomic E-state index is -1.98. The van der Waals surface area contributed by atoms with E-state index in [1.54, 1.807) is 6.08 Å². The van der Waals surface area contributed by atoms with E-state index in [9.17, 15) is 61.0 Å². The van der Waals surface area contributed by atoms with E-state index in [1.165, 1.54) is 218 Å². The van der Waals surface area contributed by atoms with Crippen molar-refractivity contribution >= 4 is 5.91 Å². The highest BCUT2D eigenvalue weighted by atomic mass is 16.8. The Hall–Kier alpha value is -3.03. The third-order valence-electron chi connectivity index (χ3n) is 21.2. The third kappa shape index (κ3) is 46.7. The maximum atomic E-state index is 13.5. The maximum absolute atomic E-state index is 13.5. The molecule has 3 rings (SSSR count). The first-order valence-electron chi connectivity index (χ1n) is 43.3. The van der Waals surface area contributed by atoms with Gasteiger partial charge in [0.25, 0.3) is 0 Å². The summed E-state index contributed by atoms with van der Waals surface area (Å²) in [5.74, 6) is -0.274. The molecule has 107 heavy (non-hydrogen) atoms. The zero-order valence-corrected chi connectivity index (χ0v) is 66.9. The quantitative estimate of drug-likeness (QED) is 0.0199. The summed E-state index contributed by atoms with van der Waals surface area (Å²) < 4.78 is 34.5. The number of hydrogen-bond acceptors (Lipinski definition) is 18. The number of carbonyl (C=O) groups excluding carboxylic acids is 1. The highest BCUT2D eigenvalue weighted by Gasteiger charge is 2.54. The number of nitrogens with one attached hydrogen (secondary N) is 1. The zero-order chi connectivity index (χ0) is 77.4. The smallest absolute Gasteiger partial charge is 0.220 e. The van der Waals surface area contributed by atoms with Crippen molar-refractivity contribution in [1.82, 2.24) is 5.32 Å². The molecule has 12 N–H and O–H groups in total. The minimum Gasteiger partial charge on any atom is -0.394 e. The van der Waals surface area contributed by atoms with Crippen LogP contribution in [0.3, 0.4) is 0 Å². The molecule has 0 radical (unpaired) electrons. The molecule has 1 amide bonds. The number of carbonyl (C=O) groups is 1. The number of hydrogen-bond donors (Lipinski definition) is 12. The van der Waals surface area contributed by atoms with Crippen LogP contribution in [0.25, 0.3) is 0 Å². The van der Waals surface area contributed by atoms with Crippen molar-refractivity contribution in [2.24, 2.45) is 0 Å². The molecule has 0 spiro atoms. The van der Waals surface area contributed by atoms with Crippen LogP contribution in [0.5, 0.6) is 0 Å². The summed E-state index contributed by atoms with van der Waals surface area (Å²) in [6.07, 6.45) is 64.3. The lowest BCUT2D eigenvalue weighted by Gasteiger charge is -2.48. The molecule has 3 aliphatic rings. The standard InChI is InChI=1S/C88H157NO18/c1-3-5-7-9-11-13-15-17-19-21-23-25-27-29-31-33-34-35-36-38-40-42-44-46-48-50-52-54-56-58-60-62-64-66-76(94)89-71(72(93)65-63-61-59-57-55-53-51-49-47-45-43-41-39-37-32-30-28-26-24-22-20-18-16-14-12-10-8-6-4-2)70-102-86-82(100)79(97)84(74(68-91)104-86)107-88-83(101)80(98)85(75(69-92)105-88)106-87-81(99)78(96)77(95)73(67-90)103-87/h5,7,11,13,17,19,23,25,29,31,34-35,63,65,71-75,77-88,90-93,95-101H,3-4,6,8-10,12,14-16,18,20-22,24,26-28,30,32-33,36-62,64,66-70H2,1-2H3,(H,89,94)/b7-5-,13-11-,19-17-,25-23-,31-29-,35-34-,65-63+. The molecule has 19 heteroatoms. The lowest BCUT2D eigenvalue weighted by atomic mass is 9.96. The van der Waals surface area contributed by atoms with Gasteiger partial charge in [-0.25, -0.2) is 0 Å². The number of allylic oxidation sites excluding steroid dienone is 13. The number of amides is 1. The molecule has 3 aliphatic heterocycles. The zero-order valence-electron chi connectivity index (χ0n) is 66.9. The van der Waals surface area contributed by atoms with Crippen LogP contribution >= 0.6 is 0 Å². The highest BCUT2D eigenvalue weighted by molar-refractivity contribution is 5.76. The van der Waals surface area contributed by atoms with E-state index >= 15 is 0 Å². The van der Waals surface area contributed by atoms with E-state index in [2.05, 4.69) is 92.1 Å². The van der Waals surface area contributed by atoms with Crippen LogP contribution < -0.4 is 5.32 Å². The average molecular weight is 1520 g/mol. The lowest BCUT2D eigenvalue weighted by Crippen LogP contribution is -2.66. The van der Waals surface area contributed by atoms with Crippen LogP contribution in [0.15, 0.2) is 85.1 Å². The molecule has 0 saturated carbocycles. The van der Waals surface area contributed by atoms with Gasteiger partial charge in [0.05, 0.1) is 38.6 Å².